The first-order chi connectivity index (χ1) is 9.43. The van der Waals surface area contributed by atoms with Crippen LogP contribution in [0, 0.1) is 0 Å². The van der Waals surface area contributed by atoms with Gasteiger partial charge in [0.25, 0.3) is 0 Å². The van der Waals surface area contributed by atoms with Crippen molar-refractivity contribution in [3.63, 3.8) is 0 Å². The number of halogens is 5. The standard InChI is InChI=1S/C10H8Cl2N.CHF3O3S/c1-13-5-4-9(12)8-3-2-7(11)6-10(8)13;2-1(3,4)8(5,6)7/h2-6H,1H3;(H,5,6,7)/q+1;/p-1. The van der Waals surface area contributed by atoms with Gasteiger partial charge in [-0.25, -0.2) is 13.0 Å². The predicted molar refractivity (Wildman–Crippen MR) is 70.9 cm³/mol. The van der Waals surface area contributed by atoms with E-state index in [9.17, 15) is 13.2 Å². The summed E-state index contributed by atoms with van der Waals surface area (Å²) < 4.78 is 60.9. The molecule has 21 heavy (non-hydrogen) atoms. The van der Waals surface area contributed by atoms with Crippen molar-refractivity contribution in [3.8, 4) is 0 Å². The molecule has 0 radical (unpaired) electrons. The smallest absolute Gasteiger partial charge is 0.485 e. The van der Waals surface area contributed by atoms with Crippen LogP contribution >= 0.6 is 23.2 Å². The van der Waals surface area contributed by atoms with Gasteiger partial charge in [-0.15, -0.1) is 0 Å². The number of aryl methyl sites for hydroxylation is 1. The number of hydrogen-bond acceptors (Lipinski definition) is 3. The molecule has 1 aromatic heterocycles. The van der Waals surface area contributed by atoms with Crippen molar-refractivity contribution in [1.29, 1.82) is 0 Å². The van der Waals surface area contributed by atoms with Crippen molar-refractivity contribution in [2.45, 2.75) is 5.51 Å². The first-order valence-electron chi connectivity index (χ1n) is 5.19. The number of alkyl halides is 3. The van der Waals surface area contributed by atoms with Gasteiger partial charge in [0.1, 0.15) is 7.05 Å². The molecule has 0 spiro atoms. The summed E-state index contributed by atoms with van der Waals surface area (Å²) in [6.07, 6.45) is 1.92. The van der Waals surface area contributed by atoms with Gasteiger partial charge in [0.05, 0.1) is 10.4 Å². The second kappa shape index (κ2) is 6.35. The molecule has 0 saturated carbocycles. The third-order valence-electron chi connectivity index (χ3n) is 2.33. The summed E-state index contributed by atoms with van der Waals surface area (Å²) in [5.74, 6) is 0. The van der Waals surface area contributed by atoms with Crippen molar-refractivity contribution in [1.82, 2.24) is 0 Å². The Morgan fingerprint density at radius 3 is 2.19 bits per heavy atom. The fourth-order valence-electron chi connectivity index (χ4n) is 1.35. The van der Waals surface area contributed by atoms with Gasteiger partial charge in [0.15, 0.2) is 16.3 Å². The third kappa shape index (κ3) is 4.70. The van der Waals surface area contributed by atoms with Crippen LogP contribution in [0.25, 0.3) is 10.9 Å². The van der Waals surface area contributed by atoms with Crippen LogP contribution in [0.4, 0.5) is 13.2 Å². The molecular formula is C11H8Cl2F3NO3S. The number of aromatic nitrogens is 1. The van der Waals surface area contributed by atoms with Gasteiger partial charge in [-0.05, 0) is 12.1 Å². The van der Waals surface area contributed by atoms with Crippen LogP contribution in [0.1, 0.15) is 0 Å². The van der Waals surface area contributed by atoms with Crippen LogP contribution in [0.2, 0.25) is 10.0 Å². The Morgan fingerprint density at radius 1 is 1.19 bits per heavy atom. The molecule has 0 bridgehead atoms. The Kier molecular flexibility index (Phi) is 5.43. The van der Waals surface area contributed by atoms with Gasteiger partial charge < -0.3 is 4.55 Å². The molecule has 0 aliphatic heterocycles. The Balaban J connectivity index is 0.000000240. The molecule has 4 nitrogen and oxygen atoms in total. The molecule has 116 valence electrons. The highest BCUT2D eigenvalue weighted by atomic mass is 35.5. The molecule has 0 aliphatic carbocycles. The van der Waals surface area contributed by atoms with Crippen LogP contribution in [0.3, 0.4) is 0 Å². The quantitative estimate of drug-likeness (QED) is 0.411. The minimum Gasteiger partial charge on any atom is -0.741 e. The molecule has 2 aromatic rings. The van der Waals surface area contributed by atoms with Crippen molar-refractivity contribution in [3.05, 3.63) is 40.5 Å². The van der Waals surface area contributed by atoms with Crippen molar-refractivity contribution < 1.29 is 30.7 Å². The molecular weight excluding hydrogens is 354 g/mol. The number of rotatable bonds is 0. The predicted octanol–water partition coefficient (Wildman–Crippen LogP) is 3.02. The summed E-state index contributed by atoms with van der Waals surface area (Å²) in [6.45, 7) is 0. The molecule has 0 N–H and O–H groups in total. The topological polar surface area (TPSA) is 61.1 Å². The summed E-state index contributed by atoms with van der Waals surface area (Å²) in [7, 11) is -4.12. The average Bonchev–Trinajstić information content (AvgIpc) is 2.32. The van der Waals surface area contributed by atoms with Crippen LogP contribution in [-0.4, -0.2) is 18.5 Å². The Morgan fingerprint density at radius 2 is 1.71 bits per heavy atom. The Hall–Kier alpha value is -1.09. The van der Waals surface area contributed by atoms with Gasteiger partial charge in [-0.2, -0.15) is 13.2 Å². The van der Waals surface area contributed by atoms with E-state index in [2.05, 4.69) is 0 Å². The van der Waals surface area contributed by atoms with E-state index in [-0.39, 0.29) is 0 Å². The largest absolute Gasteiger partial charge is 0.741 e. The maximum Gasteiger partial charge on any atom is 0.485 e. The van der Waals surface area contributed by atoms with Gasteiger partial charge in [-0.3, -0.25) is 0 Å². The van der Waals surface area contributed by atoms with E-state index in [0.29, 0.717) is 0 Å². The van der Waals surface area contributed by atoms with Crippen molar-refractivity contribution >= 4 is 44.2 Å². The third-order valence-corrected chi connectivity index (χ3v) is 3.46. The number of fused-ring (bicyclic) bond motifs is 1. The minimum absolute atomic E-state index is 0.727. The minimum atomic E-state index is -6.09. The molecule has 0 unspecified atom stereocenters. The monoisotopic (exact) mass is 361 g/mol. The summed E-state index contributed by atoms with van der Waals surface area (Å²) >= 11 is 11.9. The SMILES string of the molecule is C[n+]1ccc(Cl)c2ccc(Cl)cc21.O=S(=O)([O-])C(F)(F)F. The van der Waals surface area contributed by atoms with Gasteiger partial charge in [0, 0.05) is 17.2 Å². The van der Waals surface area contributed by atoms with E-state index in [1.807, 2.05) is 42.1 Å². The molecule has 2 rings (SSSR count). The van der Waals surface area contributed by atoms with Crippen LogP contribution in [0.5, 0.6) is 0 Å². The Labute approximate surface area is 128 Å². The fraction of sp³-hybridized carbons (Fsp3) is 0.182. The molecule has 0 saturated heterocycles. The van der Waals surface area contributed by atoms with Crippen LogP contribution < -0.4 is 4.57 Å². The number of nitrogens with zero attached hydrogens (tertiary/aromatic N) is 1. The zero-order chi connectivity index (χ0) is 16.4. The number of pyridine rings is 1. The fourth-order valence-corrected chi connectivity index (χ4v) is 1.73. The van der Waals surface area contributed by atoms with Crippen molar-refractivity contribution in [2.75, 3.05) is 0 Å². The van der Waals surface area contributed by atoms with Crippen LogP contribution in [0.15, 0.2) is 30.5 Å². The molecule has 0 amide bonds. The van der Waals surface area contributed by atoms with E-state index in [1.54, 1.807) is 0 Å². The lowest BCUT2D eigenvalue weighted by atomic mass is 10.2. The maximum absolute atomic E-state index is 10.7. The van der Waals surface area contributed by atoms with Gasteiger partial charge in [-0.1, -0.05) is 23.2 Å². The molecule has 0 fully saturated rings. The lowest BCUT2D eigenvalue weighted by molar-refractivity contribution is -0.644. The van der Waals surface area contributed by atoms with Gasteiger partial charge >= 0.3 is 5.51 Å². The maximum atomic E-state index is 10.7. The summed E-state index contributed by atoms with van der Waals surface area (Å²) in [4.78, 5) is 0. The molecule has 0 atom stereocenters. The summed E-state index contributed by atoms with van der Waals surface area (Å²) in [6, 6.07) is 7.55. The average molecular weight is 362 g/mol. The Bertz CT molecular complexity index is 763. The highest BCUT2D eigenvalue weighted by Gasteiger charge is 2.36. The van der Waals surface area contributed by atoms with E-state index >= 15 is 0 Å². The zero-order valence-corrected chi connectivity index (χ0v) is 12.7. The van der Waals surface area contributed by atoms with Crippen LogP contribution in [-0.2, 0) is 17.2 Å². The highest BCUT2D eigenvalue weighted by molar-refractivity contribution is 7.86. The second-order valence-corrected chi connectivity index (χ2v) is 6.05. The molecule has 1 aromatic carbocycles. The normalized spacial score (nSPS) is 12.0. The highest BCUT2D eigenvalue weighted by Crippen LogP contribution is 2.22. The molecule has 1 heterocycles. The first kappa shape index (κ1) is 18.0. The van der Waals surface area contributed by atoms with E-state index in [0.717, 1.165) is 20.9 Å². The van der Waals surface area contributed by atoms with E-state index in [1.165, 1.54) is 0 Å². The zero-order valence-electron chi connectivity index (χ0n) is 10.4. The number of benzene rings is 1. The summed E-state index contributed by atoms with van der Waals surface area (Å²) in [5, 5.41) is 2.51. The van der Waals surface area contributed by atoms with Gasteiger partial charge in [0.2, 0.25) is 5.52 Å². The second-order valence-electron chi connectivity index (χ2n) is 3.84. The lowest BCUT2D eigenvalue weighted by Gasteiger charge is -2.08. The molecule has 10 heteroatoms. The van der Waals surface area contributed by atoms with E-state index < -0.39 is 15.6 Å². The van der Waals surface area contributed by atoms with E-state index in [4.69, 9.17) is 36.2 Å². The summed E-state index contributed by atoms with van der Waals surface area (Å²) in [5.41, 5.74) is -4.60. The van der Waals surface area contributed by atoms with Crippen molar-refractivity contribution in [2.24, 2.45) is 7.05 Å². The number of hydrogen-bond donors (Lipinski definition) is 0. The lowest BCUT2D eigenvalue weighted by Crippen LogP contribution is -2.27. The molecule has 0 aliphatic rings. The first-order valence-corrected chi connectivity index (χ1v) is 7.35.